The Morgan fingerprint density at radius 2 is 1.77 bits per heavy atom. The fourth-order valence-electron chi connectivity index (χ4n) is 4.36. The number of aromatic nitrogens is 6. The highest BCUT2D eigenvalue weighted by Crippen LogP contribution is 2.32. The molecule has 0 aliphatic carbocycles. The minimum atomic E-state index is -0.144. The van der Waals surface area contributed by atoms with E-state index >= 15 is 0 Å². The first kappa shape index (κ1) is 26.2. The summed E-state index contributed by atoms with van der Waals surface area (Å²) in [5.41, 5.74) is 4.97. The minimum Gasteiger partial charge on any atom is -0.352 e. The molecule has 0 atom stereocenters. The van der Waals surface area contributed by atoms with Crippen LogP contribution < -0.4 is 10.2 Å². The van der Waals surface area contributed by atoms with Crippen LogP contribution in [0.4, 0.5) is 11.5 Å². The van der Waals surface area contributed by atoms with Crippen LogP contribution in [0.25, 0.3) is 22.6 Å². The van der Waals surface area contributed by atoms with Gasteiger partial charge >= 0.3 is 0 Å². The first-order valence-corrected chi connectivity index (χ1v) is 13.4. The van der Waals surface area contributed by atoms with E-state index in [9.17, 15) is 4.79 Å². The quantitative estimate of drug-likeness (QED) is 0.217. The average Bonchev–Trinajstić information content (AvgIpc) is 3.48. The SMILES string of the molecule is CCCN(Cc1ccccc1)c1cc(NC(=O)Cc2cncc(Br)c2)cc(-c2ccccc2-c2nn[nH]n2)n1. The highest BCUT2D eigenvalue weighted by molar-refractivity contribution is 9.10. The van der Waals surface area contributed by atoms with Gasteiger partial charge in [-0.25, -0.2) is 4.98 Å². The van der Waals surface area contributed by atoms with Crippen molar-refractivity contribution in [1.29, 1.82) is 0 Å². The molecule has 196 valence electrons. The zero-order valence-corrected chi connectivity index (χ0v) is 23.0. The summed E-state index contributed by atoms with van der Waals surface area (Å²) in [7, 11) is 0. The van der Waals surface area contributed by atoms with Crippen LogP contribution in [-0.2, 0) is 17.8 Å². The summed E-state index contributed by atoms with van der Waals surface area (Å²) in [5.74, 6) is 1.09. The van der Waals surface area contributed by atoms with Gasteiger partial charge in [-0.3, -0.25) is 9.78 Å². The Morgan fingerprint density at radius 3 is 2.51 bits per heavy atom. The first-order chi connectivity index (χ1) is 19.1. The summed E-state index contributed by atoms with van der Waals surface area (Å²) in [6.45, 7) is 3.63. The number of anilines is 2. The number of hydrogen-bond acceptors (Lipinski definition) is 7. The third kappa shape index (κ3) is 6.71. The number of carbonyl (C=O) groups is 1. The molecule has 39 heavy (non-hydrogen) atoms. The number of aromatic amines is 1. The molecule has 0 spiro atoms. The molecule has 0 fully saturated rings. The van der Waals surface area contributed by atoms with E-state index in [0.29, 0.717) is 23.8 Å². The Labute approximate surface area is 234 Å². The first-order valence-electron chi connectivity index (χ1n) is 12.6. The third-order valence-corrected chi connectivity index (χ3v) is 6.48. The van der Waals surface area contributed by atoms with Gasteiger partial charge in [0.1, 0.15) is 5.82 Å². The van der Waals surface area contributed by atoms with Crippen molar-refractivity contribution in [2.45, 2.75) is 26.3 Å². The molecule has 10 heteroatoms. The predicted molar refractivity (Wildman–Crippen MR) is 155 cm³/mol. The van der Waals surface area contributed by atoms with Crippen LogP contribution in [0, 0.1) is 0 Å². The van der Waals surface area contributed by atoms with Crippen LogP contribution in [0.3, 0.4) is 0 Å². The second-order valence-electron chi connectivity index (χ2n) is 9.02. The molecule has 9 nitrogen and oxygen atoms in total. The van der Waals surface area contributed by atoms with Crippen molar-refractivity contribution >= 4 is 33.3 Å². The van der Waals surface area contributed by atoms with Crippen molar-refractivity contribution in [3.05, 3.63) is 101 Å². The maximum atomic E-state index is 13.1. The lowest BCUT2D eigenvalue weighted by Gasteiger charge is -2.25. The van der Waals surface area contributed by atoms with Gasteiger partial charge in [0.25, 0.3) is 0 Å². The molecule has 0 saturated carbocycles. The van der Waals surface area contributed by atoms with Crippen molar-refractivity contribution in [2.75, 3.05) is 16.8 Å². The highest BCUT2D eigenvalue weighted by Gasteiger charge is 2.17. The largest absolute Gasteiger partial charge is 0.352 e. The molecule has 0 aliphatic heterocycles. The molecule has 0 aliphatic rings. The van der Waals surface area contributed by atoms with Gasteiger partial charge in [0.2, 0.25) is 11.7 Å². The van der Waals surface area contributed by atoms with E-state index in [4.69, 9.17) is 4.98 Å². The minimum absolute atomic E-state index is 0.144. The van der Waals surface area contributed by atoms with Crippen molar-refractivity contribution in [3.63, 3.8) is 0 Å². The number of tetrazole rings is 1. The van der Waals surface area contributed by atoms with Gasteiger partial charge in [0, 0.05) is 52.8 Å². The van der Waals surface area contributed by atoms with E-state index in [1.54, 1.807) is 12.4 Å². The van der Waals surface area contributed by atoms with Crippen molar-refractivity contribution in [1.82, 2.24) is 30.6 Å². The summed E-state index contributed by atoms with van der Waals surface area (Å²) in [6, 6.07) is 23.8. The molecule has 0 saturated heterocycles. The van der Waals surface area contributed by atoms with Gasteiger partial charge in [-0.1, -0.05) is 61.5 Å². The van der Waals surface area contributed by atoms with E-state index in [1.807, 2.05) is 60.7 Å². The molecular formula is C29H27BrN8O. The number of benzene rings is 2. The van der Waals surface area contributed by atoms with Crippen LogP contribution in [0.2, 0.25) is 0 Å². The predicted octanol–water partition coefficient (Wildman–Crippen LogP) is 5.68. The maximum Gasteiger partial charge on any atom is 0.228 e. The van der Waals surface area contributed by atoms with E-state index in [2.05, 4.69) is 70.8 Å². The summed E-state index contributed by atoms with van der Waals surface area (Å²) >= 11 is 3.42. The van der Waals surface area contributed by atoms with Gasteiger partial charge in [-0.15, -0.1) is 10.2 Å². The van der Waals surface area contributed by atoms with Crippen LogP contribution in [0.5, 0.6) is 0 Å². The molecule has 0 unspecified atom stereocenters. The summed E-state index contributed by atoms with van der Waals surface area (Å²) in [5, 5.41) is 17.7. The monoisotopic (exact) mass is 582 g/mol. The van der Waals surface area contributed by atoms with E-state index < -0.39 is 0 Å². The van der Waals surface area contributed by atoms with Crippen molar-refractivity contribution < 1.29 is 4.79 Å². The van der Waals surface area contributed by atoms with E-state index in [-0.39, 0.29) is 12.3 Å². The molecule has 0 radical (unpaired) electrons. The lowest BCUT2D eigenvalue weighted by molar-refractivity contribution is -0.115. The van der Waals surface area contributed by atoms with Crippen LogP contribution in [0.1, 0.15) is 24.5 Å². The van der Waals surface area contributed by atoms with Crippen molar-refractivity contribution in [3.8, 4) is 22.6 Å². The Kier molecular flexibility index (Phi) is 8.33. The van der Waals surface area contributed by atoms with Gasteiger partial charge in [-0.05, 0) is 50.8 Å². The normalized spacial score (nSPS) is 10.8. The smallest absolute Gasteiger partial charge is 0.228 e. The molecule has 5 aromatic rings. The molecular weight excluding hydrogens is 556 g/mol. The zero-order chi connectivity index (χ0) is 27.0. The number of pyridine rings is 2. The Hall–Kier alpha value is -4.44. The Morgan fingerprint density at radius 1 is 0.974 bits per heavy atom. The summed E-state index contributed by atoms with van der Waals surface area (Å²) in [4.78, 5) is 24.5. The van der Waals surface area contributed by atoms with Gasteiger partial charge < -0.3 is 10.2 Å². The molecule has 0 bridgehead atoms. The molecule has 2 N–H and O–H groups in total. The second kappa shape index (κ2) is 12.4. The van der Waals surface area contributed by atoms with Crippen LogP contribution >= 0.6 is 15.9 Å². The number of halogens is 1. The van der Waals surface area contributed by atoms with Crippen molar-refractivity contribution in [2.24, 2.45) is 0 Å². The number of H-pyrrole nitrogens is 1. The van der Waals surface area contributed by atoms with Gasteiger partial charge in [0.15, 0.2) is 0 Å². The Balaban J connectivity index is 1.54. The van der Waals surface area contributed by atoms with Gasteiger partial charge in [-0.2, -0.15) is 5.21 Å². The second-order valence-corrected chi connectivity index (χ2v) is 9.94. The molecule has 5 rings (SSSR count). The number of carbonyl (C=O) groups excluding carboxylic acids is 1. The molecule has 2 aromatic carbocycles. The maximum absolute atomic E-state index is 13.1. The number of rotatable bonds is 10. The highest BCUT2D eigenvalue weighted by atomic mass is 79.9. The standard InChI is InChI=1S/C29H27BrN8O/c1-2-12-38(19-20-8-4-3-5-9-20)27-16-23(32-28(39)14-21-13-22(30)18-31-17-21)15-26(33-27)24-10-6-7-11-25(24)29-34-36-37-35-29/h3-11,13,15-18H,2,12,14,19H2,1H3,(H,32,33,39)(H,34,35,36,37). The summed E-state index contributed by atoms with van der Waals surface area (Å²) in [6.07, 6.45) is 4.52. The van der Waals surface area contributed by atoms with Crippen LogP contribution in [0.15, 0.2) is 89.7 Å². The fraction of sp³-hybridized carbons (Fsp3) is 0.172. The molecule has 3 aromatic heterocycles. The average molecular weight is 583 g/mol. The number of hydrogen-bond donors (Lipinski definition) is 2. The summed E-state index contributed by atoms with van der Waals surface area (Å²) < 4.78 is 0.829. The van der Waals surface area contributed by atoms with E-state index in [0.717, 1.165) is 39.9 Å². The topological polar surface area (TPSA) is 113 Å². The molecule has 1 amide bonds. The zero-order valence-electron chi connectivity index (χ0n) is 21.4. The van der Waals surface area contributed by atoms with Gasteiger partial charge in [0.05, 0.1) is 12.1 Å². The number of nitrogens with zero attached hydrogens (tertiary/aromatic N) is 6. The lowest BCUT2D eigenvalue weighted by atomic mass is 10.0. The lowest BCUT2D eigenvalue weighted by Crippen LogP contribution is -2.25. The van der Waals surface area contributed by atoms with Crippen LogP contribution in [-0.4, -0.2) is 43.0 Å². The van der Waals surface area contributed by atoms with E-state index in [1.165, 1.54) is 5.56 Å². The fourth-order valence-corrected chi connectivity index (χ4v) is 4.77. The number of amides is 1. The third-order valence-electron chi connectivity index (χ3n) is 6.04. The Bertz CT molecular complexity index is 1540. The molecule has 3 heterocycles. The number of nitrogens with one attached hydrogen (secondary N) is 2.